The number of nitrogens with zero attached hydrogens (tertiary/aromatic N) is 4. The standard InChI is InChI=1S/C18H25N5O3/c1-3-22-12-20-21-15(22)6-8-19-17(24)16-13(2)7-9-23(18(16)25)11-14-5-4-10-26-14/h7,9,12,14H,3-6,8,10-11H2,1-2H3,(H,19,24). The van der Waals surface area contributed by atoms with E-state index in [2.05, 4.69) is 15.5 Å². The fourth-order valence-electron chi connectivity index (χ4n) is 3.21. The molecule has 26 heavy (non-hydrogen) atoms. The monoisotopic (exact) mass is 359 g/mol. The maximum absolute atomic E-state index is 12.7. The van der Waals surface area contributed by atoms with Gasteiger partial charge < -0.3 is 19.2 Å². The normalized spacial score (nSPS) is 16.8. The maximum Gasteiger partial charge on any atom is 0.263 e. The van der Waals surface area contributed by atoms with Gasteiger partial charge in [0.2, 0.25) is 0 Å². The Bertz CT molecular complexity index is 820. The number of hydrogen-bond acceptors (Lipinski definition) is 5. The van der Waals surface area contributed by atoms with Gasteiger partial charge in [-0.1, -0.05) is 0 Å². The number of carbonyl (C=O) groups excluding carboxylic acids is 1. The number of ether oxygens (including phenoxy) is 1. The summed E-state index contributed by atoms with van der Waals surface area (Å²) in [6.07, 6.45) is 5.98. The van der Waals surface area contributed by atoms with E-state index in [1.165, 1.54) is 0 Å². The summed E-state index contributed by atoms with van der Waals surface area (Å²) in [4.78, 5) is 25.3. The number of amides is 1. The molecule has 0 spiro atoms. The predicted molar refractivity (Wildman–Crippen MR) is 96.1 cm³/mol. The van der Waals surface area contributed by atoms with Crippen LogP contribution < -0.4 is 10.9 Å². The van der Waals surface area contributed by atoms with E-state index in [0.717, 1.165) is 31.8 Å². The van der Waals surface area contributed by atoms with Crippen LogP contribution >= 0.6 is 0 Å². The minimum atomic E-state index is -0.350. The Balaban J connectivity index is 1.67. The highest BCUT2D eigenvalue weighted by Gasteiger charge is 2.20. The average molecular weight is 359 g/mol. The summed E-state index contributed by atoms with van der Waals surface area (Å²) in [5, 5.41) is 10.7. The van der Waals surface area contributed by atoms with Crippen LogP contribution in [-0.2, 0) is 24.2 Å². The first-order valence-corrected chi connectivity index (χ1v) is 9.06. The van der Waals surface area contributed by atoms with Gasteiger partial charge in [0, 0.05) is 32.3 Å². The van der Waals surface area contributed by atoms with E-state index in [1.54, 1.807) is 30.1 Å². The van der Waals surface area contributed by atoms with Crippen LogP contribution in [0.1, 0.15) is 41.5 Å². The fraction of sp³-hybridized carbons (Fsp3) is 0.556. The van der Waals surface area contributed by atoms with Gasteiger partial charge in [-0.25, -0.2) is 0 Å². The molecule has 1 fully saturated rings. The molecule has 140 valence electrons. The van der Waals surface area contributed by atoms with Crippen LogP contribution in [0.2, 0.25) is 0 Å². The molecule has 8 nitrogen and oxygen atoms in total. The van der Waals surface area contributed by atoms with Gasteiger partial charge in [-0.3, -0.25) is 9.59 Å². The van der Waals surface area contributed by atoms with Crippen LogP contribution in [-0.4, -0.2) is 44.5 Å². The van der Waals surface area contributed by atoms with Gasteiger partial charge in [-0.05, 0) is 38.3 Å². The molecule has 0 bridgehead atoms. The Labute approximate surface area is 152 Å². The molecule has 8 heteroatoms. The van der Waals surface area contributed by atoms with Crippen LogP contribution in [0.15, 0.2) is 23.4 Å². The molecular formula is C18H25N5O3. The number of hydrogen-bond donors (Lipinski definition) is 1. The summed E-state index contributed by atoms with van der Waals surface area (Å²) >= 11 is 0. The van der Waals surface area contributed by atoms with Gasteiger partial charge in [-0.15, -0.1) is 10.2 Å². The molecule has 2 aromatic heterocycles. The third kappa shape index (κ3) is 4.01. The summed E-state index contributed by atoms with van der Waals surface area (Å²) in [5.41, 5.74) is 0.602. The van der Waals surface area contributed by atoms with Crippen molar-refractivity contribution in [3.8, 4) is 0 Å². The largest absolute Gasteiger partial charge is 0.376 e. The minimum absolute atomic E-state index is 0.0479. The lowest BCUT2D eigenvalue weighted by Gasteiger charge is -2.14. The van der Waals surface area contributed by atoms with Gasteiger partial charge >= 0.3 is 0 Å². The van der Waals surface area contributed by atoms with Crippen LogP contribution in [0.25, 0.3) is 0 Å². The Morgan fingerprint density at radius 2 is 2.27 bits per heavy atom. The SMILES string of the molecule is CCn1cnnc1CCNC(=O)c1c(C)ccn(CC2CCCO2)c1=O. The molecule has 2 aromatic rings. The molecular weight excluding hydrogens is 334 g/mol. The van der Waals surface area contributed by atoms with Crippen LogP contribution in [0, 0.1) is 6.92 Å². The first-order valence-electron chi connectivity index (χ1n) is 9.06. The topological polar surface area (TPSA) is 91.0 Å². The zero-order valence-corrected chi connectivity index (χ0v) is 15.3. The lowest BCUT2D eigenvalue weighted by atomic mass is 10.1. The van der Waals surface area contributed by atoms with Crippen molar-refractivity contribution >= 4 is 5.91 Å². The smallest absolute Gasteiger partial charge is 0.263 e. The van der Waals surface area contributed by atoms with Crippen molar-refractivity contribution in [2.24, 2.45) is 0 Å². The summed E-state index contributed by atoms with van der Waals surface area (Å²) in [6, 6.07) is 1.80. The second-order valence-corrected chi connectivity index (χ2v) is 6.51. The van der Waals surface area contributed by atoms with Crippen LogP contribution in [0.3, 0.4) is 0 Å². The number of pyridine rings is 1. The van der Waals surface area contributed by atoms with Crippen LogP contribution in [0.4, 0.5) is 0 Å². The van der Waals surface area contributed by atoms with E-state index in [4.69, 9.17) is 4.74 Å². The van der Waals surface area contributed by atoms with Crippen molar-refractivity contribution in [3.63, 3.8) is 0 Å². The highest BCUT2D eigenvalue weighted by atomic mass is 16.5. The minimum Gasteiger partial charge on any atom is -0.376 e. The fourth-order valence-corrected chi connectivity index (χ4v) is 3.21. The summed E-state index contributed by atoms with van der Waals surface area (Å²) in [6.45, 7) is 6.19. The second kappa shape index (κ2) is 8.27. The Hall–Kier alpha value is -2.48. The van der Waals surface area contributed by atoms with Crippen molar-refractivity contribution in [2.75, 3.05) is 13.2 Å². The lowest BCUT2D eigenvalue weighted by Crippen LogP contribution is -2.36. The van der Waals surface area contributed by atoms with E-state index < -0.39 is 0 Å². The molecule has 0 radical (unpaired) electrons. The van der Waals surface area contributed by atoms with E-state index >= 15 is 0 Å². The molecule has 3 heterocycles. The number of carbonyl (C=O) groups is 1. The van der Waals surface area contributed by atoms with Crippen molar-refractivity contribution in [1.82, 2.24) is 24.6 Å². The van der Waals surface area contributed by atoms with Gasteiger partial charge in [0.05, 0.1) is 12.6 Å². The van der Waals surface area contributed by atoms with Crippen molar-refractivity contribution < 1.29 is 9.53 Å². The van der Waals surface area contributed by atoms with Gasteiger partial charge in [0.1, 0.15) is 17.7 Å². The molecule has 1 aliphatic rings. The average Bonchev–Trinajstić information content (AvgIpc) is 3.29. The highest BCUT2D eigenvalue weighted by Crippen LogP contribution is 2.13. The van der Waals surface area contributed by atoms with Crippen molar-refractivity contribution in [3.05, 3.63) is 45.9 Å². The summed E-state index contributed by atoms with van der Waals surface area (Å²) < 4.78 is 9.10. The Morgan fingerprint density at radius 3 is 3.00 bits per heavy atom. The maximum atomic E-state index is 12.7. The molecule has 0 saturated carbocycles. The summed E-state index contributed by atoms with van der Waals surface area (Å²) in [7, 11) is 0. The quantitative estimate of drug-likeness (QED) is 0.794. The lowest BCUT2D eigenvalue weighted by molar-refractivity contribution is 0.0930. The molecule has 3 rings (SSSR count). The van der Waals surface area contributed by atoms with Gasteiger partial charge in [0.25, 0.3) is 11.5 Å². The number of aromatic nitrogens is 4. The molecule has 1 atom stereocenters. The first kappa shape index (κ1) is 18.3. The third-order valence-electron chi connectivity index (χ3n) is 4.70. The predicted octanol–water partition coefficient (Wildman–Crippen LogP) is 0.920. The van der Waals surface area contributed by atoms with E-state index in [1.807, 2.05) is 11.5 Å². The molecule has 1 aliphatic heterocycles. The number of aryl methyl sites for hydroxylation is 2. The molecule has 1 saturated heterocycles. The second-order valence-electron chi connectivity index (χ2n) is 6.51. The van der Waals surface area contributed by atoms with Crippen molar-refractivity contribution in [1.29, 1.82) is 0 Å². The molecule has 1 N–H and O–H groups in total. The molecule has 0 aliphatic carbocycles. The van der Waals surface area contributed by atoms with Gasteiger partial charge in [-0.2, -0.15) is 0 Å². The van der Waals surface area contributed by atoms with E-state index in [9.17, 15) is 9.59 Å². The summed E-state index contributed by atoms with van der Waals surface area (Å²) in [5.74, 6) is 0.463. The first-order chi connectivity index (χ1) is 12.6. The highest BCUT2D eigenvalue weighted by molar-refractivity contribution is 5.95. The van der Waals surface area contributed by atoms with Gasteiger partial charge in [0.15, 0.2) is 0 Å². The zero-order valence-electron chi connectivity index (χ0n) is 15.3. The van der Waals surface area contributed by atoms with E-state index in [0.29, 0.717) is 25.1 Å². The molecule has 1 unspecified atom stereocenters. The molecule has 0 aromatic carbocycles. The Morgan fingerprint density at radius 1 is 1.42 bits per heavy atom. The number of rotatable bonds is 7. The molecule has 1 amide bonds. The third-order valence-corrected chi connectivity index (χ3v) is 4.70. The van der Waals surface area contributed by atoms with Crippen LogP contribution in [0.5, 0.6) is 0 Å². The van der Waals surface area contributed by atoms with Crippen molar-refractivity contribution in [2.45, 2.75) is 52.3 Å². The zero-order chi connectivity index (χ0) is 18.5. The number of nitrogens with one attached hydrogen (secondary N) is 1. The Kier molecular flexibility index (Phi) is 5.82. The van der Waals surface area contributed by atoms with E-state index in [-0.39, 0.29) is 23.1 Å².